The minimum atomic E-state index is -4.37. The fourth-order valence-electron chi connectivity index (χ4n) is 0.937. The molecular formula is C10H10F3N3O. The molecule has 3 N–H and O–H groups in total. The van der Waals surface area contributed by atoms with Crippen LogP contribution in [0.3, 0.4) is 0 Å². The number of hydrogen-bond donors (Lipinski definition) is 2. The highest BCUT2D eigenvalue weighted by molar-refractivity contribution is 6.37. The van der Waals surface area contributed by atoms with E-state index in [0.717, 1.165) is 12.1 Å². The monoisotopic (exact) mass is 245 g/mol. The number of anilines is 1. The molecule has 0 aromatic heterocycles. The predicted molar refractivity (Wildman–Crippen MR) is 57.4 cm³/mol. The van der Waals surface area contributed by atoms with Crippen molar-refractivity contribution < 1.29 is 18.0 Å². The Morgan fingerprint density at radius 2 is 1.82 bits per heavy atom. The largest absolute Gasteiger partial charge is 0.416 e. The lowest BCUT2D eigenvalue weighted by molar-refractivity contribution is -0.137. The van der Waals surface area contributed by atoms with Crippen molar-refractivity contribution in [3.8, 4) is 0 Å². The molecule has 0 atom stereocenters. The smallest absolute Gasteiger partial charge is 0.365 e. The molecule has 0 bridgehead atoms. The lowest BCUT2D eigenvalue weighted by atomic mass is 10.2. The Balaban J connectivity index is 2.76. The molecule has 7 heteroatoms. The van der Waals surface area contributed by atoms with Gasteiger partial charge in [0.25, 0.3) is 5.91 Å². The second-order valence-corrected chi connectivity index (χ2v) is 3.25. The van der Waals surface area contributed by atoms with Gasteiger partial charge in [0.15, 0.2) is 0 Å². The third-order valence-electron chi connectivity index (χ3n) is 1.92. The predicted octanol–water partition coefficient (Wildman–Crippen LogP) is 1.98. The fourth-order valence-corrected chi connectivity index (χ4v) is 0.937. The minimum Gasteiger partial charge on any atom is -0.365 e. The number of rotatable bonds is 3. The molecule has 92 valence electrons. The SMILES string of the molecule is C/C(=N\Nc1ccc(C(F)(F)F)cc1)C(N)=O. The van der Waals surface area contributed by atoms with Crippen LogP contribution in [0.5, 0.6) is 0 Å². The van der Waals surface area contributed by atoms with Crippen LogP contribution in [0.25, 0.3) is 0 Å². The molecule has 1 aromatic carbocycles. The number of carbonyl (C=O) groups is 1. The lowest BCUT2D eigenvalue weighted by Crippen LogP contribution is -2.21. The third-order valence-corrected chi connectivity index (χ3v) is 1.92. The highest BCUT2D eigenvalue weighted by Crippen LogP contribution is 2.29. The van der Waals surface area contributed by atoms with Gasteiger partial charge in [-0.05, 0) is 31.2 Å². The van der Waals surface area contributed by atoms with E-state index in [0.29, 0.717) is 5.69 Å². The van der Waals surface area contributed by atoms with E-state index in [1.165, 1.54) is 19.1 Å². The topological polar surface area (TPSA) is 67.5 Å². The summed E-state index contributed by atoms with van der Waals surface area (Å²) in [6.45, 7) is 1.39. The van der Waals surface area contributed by atoms with E-state index >= 15 is 0 Å². The first kappa shape index (κ1) is 13.0. The Morgan fingerprint density at radius 3 is 2.24 bits per heavy atom. The first-order valence-corrected chi connectivity index (χ1v) is 4.58. The summed E-state index contributed by atoms with van der Waals surface area (Å²) in [6, 6.07) is 4.25. The molecule has 0 unspecified atom stereocenters. The van der Waals surface area contributed by atoms with Crippen molar-refractivity contribution in [1.29, 1.82) is 0 Å². The van der Waals surface area contributed by atoms with E-state index in [9.17, 15) is 18.0 Å². The zero-order valence-corrected chi connectivity index (χ0v) is 8.88. The van der Waals surface area contributed by atoms with E-state index < -0.39 is 17.6 Å². The summed E-state index contributed by atoms with van der Waals surface area (Å²) in [6.07, 6.45) is -4.37. The zero-order chi connectivity index (χ0) is 13.1. The molecule has 0 spiro atoms. The number of nitrogens with one attached hydrogen (secondary N) is 1. The van der Waals surface area contributed by atoms with Crippen LogP contribution in [-0.2, 0) is 11.0 Å². The Kier molecular flexibility index (Phi) is 3.72. The molecule has 0 radical (unpaired) electrons. The number of benzene rings is 1. The van der Waals surface area contributed by atoms with Crippen molar-refractivity contribution in [2.45, 2.75) is 13.1 Å². The van der Waals surface area contributed by atoms with Gasteiger partial charge in [-0.3, -0.25) is 10.2 Å². The highest BCUT2D eigenvalue weighted by Gasteiger charge is 2.29. The van der Waals surface area contributed by atoms with Gasteiger partial charge in [0, 0.05) is 0 Å². The first-order chi connectivity index (χ1) is 7.80. The van der Waals surface area contributed by atoms with E-state index in [1.807, 2.05) is 0 Å². The van der Waals surface area contributed by atoms with Crippen LogP contribution < -0.4 is 11.2 Å². The van der Waals surface area contributed by atoms with Crippen molar-refractivity contribution in [3.05, 3.63) is 29.8 Å². The Morgan fingerprint density at radius 1 is 1.29 bits per heavy atom. The van der Waals surface area contributed by atoms with Gasteiger partial charge in [-0.1, -0.05) is 0 Å². The second-order valence-electron chi connectivity index (χ2n) is 3.25. The number of nitrogens with zero attached hydrogens (tertiary/aromatic N) is 1. The number of alkyl halides is 3. The summed E-state index contributed by atoms with van der Waals surface area (Å²) in [4.78, 5) is 10.6. The molecular weight excluding hydrogens is 235 g/mol. The number of amides is 1. The molecule has 0 heterocycles. The van der Waals surface area contributed by atoms with Crippen LogP contribution >= 0.6 is 0 Å². The number of nitrogens with two attached hydrogens (primary N) is 1. The van der Waals surface area contributed by atoms with Crippen LogP contribution in [0.4, 0.5) is 18.9 Å². The van der Waals surface area contributed by atoms with Crippen molar-refractivity contribution >= 4 is 17.3 Å². The van der Waals surface area contributed by atoms with Gasteiger partial charge in [-0.2, -0.15) is 18.3 Å². The van der Waals surface area contributed by atoms with Crippen LogP contribution in [0, 0.1) is 0 Å². The second kappa shape index (κ2) is 4.86. The highest BCUT2D eigenvalue weighted by atomic mass is 19.4. The number of primary amides is 1. The summed E-state index contributed by atoms with van der Waals surface area (Å²) < 4.78 is 36.7. The van der Waals surface area contributed by atoms with Crippen molar-refractivity contribution in [2.24, 2.45) is 10.8 Å². The van der Waals surface area contributed by atoms with Gasteiger partial charge in [0.2, 0.25) is 0 Å². The van der Waals surface area contributed by atoms with Gasteiger partial charge < -0.3 is 5.73 Å². The van der Waals surface area contributed by atoms with Gasteiger partial charge in [-0.25, -0.2) is 0 Å². The Labute approximate surface area is 95.3 Å². The molecule has 0 saturated carbocycles. The lowest BCUT2D eigenvalue weighted by Gasteiger charge is -2.07. The average Bonchev–Trinajstić information content (AvgIpc) is 2.25. The molecule has 1 aromatic rings. The number of carbonyl (C=O) groups excluding carboxylic acids is 1. The van der Waals surface area contributed by atoms with Crippen molar-refractivity contribution in [2.75, 3.05) is 5.43 Å². The molecule has 0 aliphatic rings. The fraction of sp³-hybridized carbons (Fsp3) is 0.200. The van der Waals surface area contributed by atoms with E-state index in [2.05, 4.69) is 10.5 Å². The number of hydrazone groups is 1. The molecule has 1 rings (SSSR count). The first-order valence-electron chi connectivity index (χ1n) is 4.58. The standard InChI is InChI=1S/C10H10F3N3O/c1-6(9(14)17)15-16-8-4-2-7(3-5-8)10(11,12)13/h2-5,16H,1H3,(H2,14,17)/b15-6+. The number of halogens is 3. The van der Waals surface area contributed by atoms with Gasteiger partial charge in [0.05, 0.1) is 11.3 Å². The van der Waals surface area contributed by atoms with E-state index in [4.69, 9.17) is 5.73 Å². The molecule has 17 heavy (non-hydrogen) atoms. The van der Waals surface area contributed by atoms with Crippen LogP contribution in [0.1, 0.15) is 12.5 Å². The average molecular weight is 245 g/mol. The molecule has 4 nitrogen and oxygen atoms in total. The number of hydrogen-bond acceptors (Lipinski definition) is 3. The maximum atomic E-state index is 12.2. The summed E-state index contributed by atoms with van der Waals surface area (Å²) in [5.41, 5.74) is 6.96. The zero-order valence-electron chi connectivity index (χ0n) is 8.88. The van der Waals surface area contributed by atoms with Gasteiger partial charge in [-0.15, -0.1) is 0 Å². The normalized spacial score (nSPS) is 12.4. The minimum absolute atomic E-state index is 0.0323. The van der Waals surface area contributed by atoms with Crippen LogP contribution in [0.2, 0.25) is 0 Å². The summed E-state index contributed by atoms with van der Waals surface area (Å²) in [5, 5.41) is 3.60. The Bertz CT molecular complexity index is 437. The van der Waals surface area contributed by atoms with Crippen LogP contribution in [0.15, 0.2) is 29.4 Å². The van der Waals surface area contributed by atoms with Crippen molar-refractivity contribution in [3.63, 3.8) is 0 Å². The maximum absolute atomic E-state index is 12.2. The molecule has 0 fully saturated rings. The summed E-state index contributed by atoms with van der Waals surface area (Å²) in [7, 11) is 0. The summed E-state index contributed by atoms with van der Waals surface area (Å²) in [5.74, 6) is -0.704. The third kappa shape index (κ3) is 3.78. The molecule has 0 aliphatic heterocycles. The Hall–Kier alpha value is -2.05. The van der Waals surface area contributed by atoms with Gasteiger partial charge in [0.1, 0.15) is 5.71 Å². The van der Waals surface area contributed by atoms with E-state index in [1.54, 1.807) is 0 Å². The quantitative estimate of drug-likeness (QED) is 0.631. The van der Waals surface area contributed by atoms with Crippen molar-refractivity contribution in [1.82, 2.24) is 0 Å². The summed E-state index contributed by atoms with van der Waals surface area (Å²) >= 11 is 0. The van der Waals surface area contributed by atoms with E-state index in [-0.39, 0.29) is 5.71 Å². The van der Waals surface area contributed by atoms with Gasteiger partial charge >= 0.3 is 6.18 Å². The van der Waals surface area contributed by atoms with Crippen LogP contribution in [-0.4, -0.2) is 11.6 Å². The molecule has 0 saturated heterocycles. The molecule has 1 amide bonds. The maximum Gasteiger partial charge on any atom is 0.416 e. The molecule has 0 aliphatic carbocycles.